The van der Waals surface area contributed by atoms with E-state index in [9.17, 15) is 0 Å². The van der Waals surface area contributed by atoms with Crippen LogP contribution in [-0.2, 0) is 6.54 Å². The third-order valence-electron chi connectivity index (χ3n) is 6.77. The second-order valence-corrected chi connectivity index (χ2v) is 9.26. The average molecular weight is 422 g/mol. The van der Waals surface area contributed by atoms with E-state index in [-0.39, 0.29) is 0 Å². The van der Waals surface area contributed by atoms with Crippen molar-refractivity contribution in [3.63, 3.8) is 0 Å². The van der Waals surface area contributed by atoms with Gasteiger partial charge in [0.15, 0.2) is 0 Å². The first-order valence-corrected chi connectivity index (χ1v) is 12.8. The molecule has 0 aromatic heterocycles. The van der Waals surface area contributed by atoms with E-state index in [1.807, 2.05) is 0 Å². The van der Waals surface area contributed by atoms with E-state index in [4.69, 9.17) is 4.74 Å². The SMILES string of the molecule is CCCCCCCCOc1ccc(-c2ccc3c(c2)CN(CCCCCC)[C@H]3C)cc1. The summed E-state index contributed by atoms with van der Waals surface area (Å²) in [6, 6.07) is 16.3. The highest BCUT2D eigenvalue weighted by Gasteiger charge is 2.26. The lowest BCUT2D eigenvalue weighted by Gasteiger charge is -2.21. The fraction of sp³-hybridized carbons (Fsp3) is 0.586. The van der Waals surface area contributed by atoms with Gasteiger partial charge in [-0.3, -0.25) is 4.90 Å². The Balaban J connectivity index is 1.49. The molecule has 2 heteroatoms. The van der Waals surface area contributed by atoms with Crippen LogP contribution in [0.25, 0.3) is 11.1 Å². The Kier molecular flexibility index (Phi) is 9.93. The van der Waals surface area contributed by atoms with E-state index >= 15 is 0 Å². The van der Waals surface area contributed by atoms with Crippen molar-refractivity contribution in [2.24, 2.45) is 0 Å². The summed E-state index contributed by atoms with van der Waals surface area (Å²) in [5.41, 5.74) is 5.62. The molecule has 31 heavy (non-hydrogen) atoms. The number of ether oxygens (including phenoxy) is 1. The second kappa shape index (κ2) is 12.9. The summed E-state index contributed by atoms with van der Waals surface area (Å²) in [6.45, 7) is 10.0. The van der Waals surface area contributed by atoms with Gasteiger partial charge >= 0.3 is 0 Å². The molecule has 3 rings (SSSR count). The molecule has 1 aliphatic rings. The summed E-state index contributed by atoms with van der Waals surface area (Å²) < 4.78 is 5.95. The van der Waals surface area contributed by atoms with Crippen molar-refractivity contribution in [3.8, 4) is 16.9 Å². The van der Waals surface area contributed by atoms with Crippen LogP contribution in [0.3, 0.4) is 0 Å². The monoisotopic (exact) mass is 421 g/mol. The van der Waals surface area contributed by atoms with Gasteiger partial charge in [-0.25, -0.2) is 0 Å². The van der Waals surface area contributed by atoms with E-state index in [0.29, 0.717) is 6.04 Å². The first-order chi connectivity index (χ1) is 15.2. The van der Waals surface area contributed by atoms with Crippen molar-refractivity contribution < 1.29 is 4.74 Å². The number of hydrogen-bond donors (Lipinski definition) is 0. The maximum Gasteiger partial charge on any atom is 0.119 e. The van der Waals surface area contributed by atoms with Crippen LogP contribution in [-0.4, -0.2) is 18.1 Å². The van der Waals surface area contributed by atoms with Gasteiger partial charge in [0.1, 0.15) is 5.75 Å². The Morgan fingerprint density at radius 3 is 2.16 bits per heavy atom. The predicted octanol–water partition coefficient (Wildman–Crippen LogP) is 8.55. The van der Waals surface area contributed by atoms with Gasteiger partial charge in [-0.15, -0.1) is 0 Å². The van der Waals surface area contributed by atoms with Crippen molar-refractivity contribution in [3.05, 3.63) is 53.6 Å². The number of unbranched alkanes of at least 4 members (excludes halogenated alkanes) is 8. The number of rotatable bonds is 14. The van der Waals surface area contributed by atoms with Gasteiger partial charge in [-0.2, -0.15) is 0 Å². The van der Waals surface area contributed by atoms with Crippen molar-refractivity contribution in [2.75, 3.05) is 13.2 Å². The molecule has 0 bridgehead atoms. The minimum absolute atomic E-state index is 0.545. The highest BCUT2D eigenvalue weighted by atomic mass is 16.5. The molecule has 0 aliphatic carbocycles. The molecule has 0 saturated heterocycles. The standard InChI is InChI=1S/C29H43NO/c1-4-6-8-10-11-13-21-31-28-17-14-25(15-18-28)26-16-19-29-24(3)30(23-27(29)22-26)20-12-9-7-5-2/h14-19,22,24H,4-13,20-21,23H2,1-3H3/t24-/m0/s1. The number of benzene rings is 2. The number of nitrogens with zero attached hydrogens (tertiary/aromatic N) is 1. The Morgan fingerprint density at radius 2 is 1.42 bits per heavy atom. The minimum atomic E-state index is 0.545. The van der Waals surface area contributed by atoms with Gasteiger partial charge in [0.05, 0.1) is 6.61 Å². The Hall–Kier alpha value is -1.80. The lowest BCUT2D eigenvalue weighted by molar-refractivity contribution is 0.224. The quantitative estimate of drug-likeness (QED) is 0.283. The maximum absolute atomic E-state index is 5.95. The summed E-state index contributed by atoms with van der Waals surface area (Å²) in [5.74, 6) is 0.991. The molecule has 170 valence electrons. The Morgan fingerprint density at radius 1 is 0.774 bits per heavy atom. The third kappa shape index (κ3) is 7.10. The number of fused-ring (bicyclic) bond motifs is 1. The third-order valence-corrected chi connectivity index (χ3v) is 6.77. The zero-order valence-corrected chi connectivity index (χ0v) is 20.2. The maximum atomic E-state index is 5.95. The molecule has 1 heterocycles. The van der Waals surface area contributed by atoms with Crippen LogP contribution in [0.4, 0.5) is 0 Å². The van der Waals surface area contributed by atoms with Gasteiger partial charge in [0, 0.05) is 12.6 Å². The van der Waals surface area contributed by atoms with Crippen molar-refractivity contribution in [1.29, 1.82) is 0 Å². The molecule has 0 fully saturated rings. The van der Waals surface area contributed by atoms with Crippen LogP contribution in [0.5, 0.6) is 5.75 Å². The molecule has 1 atom stereocenters. The smallest absolute Gasteiger partial charge is 0.119 e. The van der Waals surface area contributed by atoms with E-state index in [0.717, 1.165) is 25.3 Å². The fourth-order valence-corrected chi connectivity index (χ4v) is 4.71. The molecule has 0 spiro atoms. The average Bonchev–Trinajstić information content (AvgIpc) is 3.11. The Labute approximate surface area is 191 Å². The van der Waals surface area contributed by atoms with Crippen molar-refractivity contribution in [1.82, 2.24) is 4.90 Å². The molecule has 1 aliphatic heterocycles. The van der Waals surface area contributed by atoms with Crippen LogP contribution < -0.4 is 4.74 Å². The largest absolute Gasteiger partial charge is 0.494 e. The summed E-state index contributed by atoms with van der Waals surface area (Å²) in [7, 11) is 0. The lowest BCUT2D eigenvalue weighted by atomic mass is 9.98. The first-order valence-electron chi connectivity index (χ1n) is 12.8. The second-order valence-electron chi connectivity index (χ2n) is 9.26. The van der Waals surface area contributed by atoms with Crippen molar-refractivity contribution >= 4 is 0 Å². The molecule has 0 unspecified atom stereocenters. The predicted molar refractivity (Wildman–Crippen MR) is 134 cm³/mol. The summed E-state index contributed by atoms with van der Waals surface area (Å²) in [5, 5.41) is 0. The van der Waals surface area contributed by atoms with E-state index in [1.165, 1.54) is 86.6 Å². The van der Waals surface area contributed by atoms with E-state index in [2.05, 4.69) is 68.1 Å². The highest BCUT2D eigenvalue weighted by molar-refractivity contribution is 5.66. The van der Waals surface area contributed by atoms with Gasteiger partial charge in [0.25, 0.3) is 0 Å². The van der Waals surface area contributed by atoms with Crippen LogP contribution in [0.15, 0.2) is 42.5 Å². The lowest BCUT2D eigenvalue weighted by Crippen LogP contribution is -2.21. The summed E-state index contributed by atoms with van der Waals surface area (Å²) in [4.78, 5) is 2.64. The molecule has 2 aromatic carbocycles. The zero-order valence-electron chi connectivity index (χ0n) is 20.2. The van der Waals surface area contributed by atoms with Crippen LogP contribution in [0, 0.1) is 0 Å². The topological polar surface area (TPSA) is 12.5 Å². The van der Waals surface area contributed by atoms with Gasteiger partial charge < -0.3 is 4.74 Å². The van der Waals surface area contributed by atoms with Crippen LogP contribution in [0.1, 0.15) is 102 Å². The normalized spacial score (nSPS) is 15.9. The van der Waals surface area contributed by atoms with Gasteiger partial charge in [0.2, 0.25) is 0 Å². The zero-order chi connectivity index (χ0) is 21.9. The summed E-state index contributed by atoms with van der Waals surface area (Å²) >= 11 is 0. The van der Waals surface area contributed by atoms with Crippen LogP contribution in [0.2, 0.25) is 0 Å². The Bertz CT molecular complexity index is 767. The fourth-order valence-electron chi connectivity index (χ4n) is 4.71. The van der Waals surface area contributed by atoms with Crippen molar-refractivity contribution in [2.45, 2.75) is 97.6 Å². The number of hydrogen-bond acceptors (Lipinski definition) is 2. The first kappa shape index (κ1) is 23.9. The molecular weight excluding hydrogens is 378 g/mol. The molecular formula is C29H43NO. The molecule has 0 amide bonds. The molecule has 0 N–H and O–H groups in total. The molecule has 2 nitrogen and oxygen atoms in total. The molecule has 2 aromatic rings. The van der Waals surface area contributed by atoms with Gasteiger partial charge in [-0.05, 0) is 66.8 Å². The molecule has 0 saturated carbocycles. The van der Waals surface area contributed by atoms with Crippen LogP contribution >= 0.6 is 0 Å². The van der Waals surface area contributed by atoms with Gasteiger partial charge in [-0.1, -0.05) is 89.5 Å². The summed E-state index contributed by atoms with van der Waals surface area (Å²) in [6.07, 6.45) is 13.1. The van der Waals surface area contributed by atoms with E-state index < -0.39 is 0 Å². The highest BCUT2D eigenvalue weighted by Crippen LogP contribution is 2.36. The molecule has 0 radical (unpaired) electrons. The van der Waals surface area contributed by atoms with E-state index in [1.54, 1.807) is 0 Å². The minimum Gasteiger partial charge on any atom is -0.494 e.